The summed E-state index contributed by atoms with van der Waals surface area (Å²) in [5.41, 5.74) is 0. The molecule has 0 aromatic carbocycles. The molecule has 21 nitrogen and oxygen atoms in total. The molecule has 53 heavy (non-hydrogen) atoms. The summed E-state index contributed by atoms with van der Waals surface area (Å²) in [6, 6.07) is 0. The first-order valence-electron chi connectivity index (χ1n) is 16.7. The van der Waals surface area contributed by atoms with Gasteiger partial charge in [-0.2, -0.15) is 0 Å². The zero-order valence-corrected chi connectivity index (χ0v) is 31.1. The second kappa shape index (κ2) is 16.3. The maximum Gasteiger partial charge on any atom is 0.412 e. The van der Waals surface area contributed by atoms with Gasteiger partial charge in [-0.1, -0.05) is 69.2 Å². The molecular formula is C32H52O21. The molecule has 0 aliphatic carbocycles. The number of carbonyl (C=O) groups excluding carboxylic acids is 5. The monoisotopic (exact) mass is 772 g/mol. The topological polar surface area (TPSA) is 321 Å². The van der Waals surface area contributed by atoms with Crippen LogP contribution in [0.25, 0.3) is 0 Å². The van der Waals surface area contributed by atoms with Crippen LogP contribution in [0.2, 0.25) is 0 Å². The van der Waals surface area contributed by atoms with Gasteiger partial charge in [-0.15, -0.1) is 0 Å². The van der Waals surface area contributed by atoms with E-state index < -0.39 is 132 Å². The minimum absolute atomic E-state index is 1.09. The van der Waals surface area contributed by atoms with Crippen molar-refractivity contribution < 1.29 is 103 Å². The lowest BCUT2D eigenvalue weighted by Crippen LogP contribution is -2.92. The van der Waals surface area contributed by atoms with Crippen LogP contribution in [0, 0.1) is 29.6 Å². The van der Waals surface area contributed by atoms with E-state index in [0.29, 0.717) is 0 Å². The predicted molar refractivity (Wildman–Crippen MR) is 168 cm³/mol. The number of aliphatic hydroxyl groups is 8. The predicted octanol–water partition coefficient (Wildman–Crippen LogP) is -2.76. The normalized spacial score (nSPS) is 35.9. The van der Waals surface area contributed by atoms with E-state index in [4.69, 9.17) is 37.9 Å². The molecule has 0 bridgehead atoms. The van der Waals surface area contributed by atoms with E-state index in [9.17, 15) is 64.8 Å². The van der Waals surface area contributed by atoms with Crippen LogP contribution in [0.1, 0.15) is 69.2 Å². The molecule has 21 heteroatoms. The number of hydrogen-bond acceptors (Lipinski definition) is 21. The van der Waals surface area contributed by atoms with Crippen molar-refractivity contribution in [1.29, 1.82) is 0 Å². The molecule has 8 N–H and O–H groups in total. The summed E-state index contributed by atoms with van der Waals surface area (Å²) in [7, 11) is 0. The fourth-order valence-electron chi connectivity index (χ4n) is 4.73. The highest BCUT2D eigenvalue weighted by Crippen LogP contribution is 2.59. The van der Waals surface area contributed by atoms with Crippen molar-refractivity contribution in [2.24, 2.45) is 29.6 Å². The third-order valence-corrected chi connectivity index (χ3v) is 8.17. The van der Waals surface area contributed by atoms with E-state index in [1.165, 1.54) is 41.5 Å². The quantitative estimate of drug-likeness (QED) is 0.0475. The Morgan fingerprint density at radius 3 is 1.30 bits per heavy atom. The molecule has 306 valence electrons. The minimum atomic E-state index is -4.72. The van der Waals surface area contributed by atoms with Crippen molar-refractivity contribution in [1.82, 2.24) is 0 Å². The van der Waals surface area contributed by atoms with Gasteiger partial charge in [0.1, 0.15) is 31.5 Å². The second-order valence-corrected chi connectivity index (χ2v) is 14.2. The molecule has 0 saturated carbocycles. The van der Waals surface area contributed by atoms with Crippen LogP contribution in [0.4, 0.5) is 0 Å². The summed E-state index contributed by atoms with van der Waals surface area (Å²) in [5.74, 6) is -39.9. The first kappa shape index (κ1) is 46.1. The van der Waals surface area contributed by atoms with E-state index in [1.54, 1.807) is 0 Å². The molecule has 2 rings (SSSR count). The highest BCUT2D eigenvalue weighted by molar-refractivity contribution is 5.76. The summed E-state index contributed by atoms with van der Waals surface area (Å²) in [6.45, 7) is 7.05. The van der Waals surface area contributed by atoms with Crippen LogP contribution in [-0.4, -0.2) is 144 Å². The molecule has 1 unspecified atom stereocenters. The van der Waals surface area contributed by atoms with Gasteiger partial charge in [-0.3, -0.25) is 33.4 Å². The number of aliphatic hydroxyl groups excluding tert-OH is 5. The highest BCUT2D eigenvalue weighted by atomic mass is 17.0. The number of hydrogen-bond donors (Lipinski definition) is 8. The Kier molecular flexibility index (Phi) is 14.2. The summed E-state index contributed by atoms with van der Waals surface area (Å²) in [4.78, 5) is 67.1. The molecule has 0 radical (unpaired) electrons. The SMILES string of the molecule is CC(C)C(=O)O[C@]1(CO)O[C@@](OC(=O)C(C)C)(OC2(CO)O[C@H](CO)[C@@H](O)[C@@H]2O)[C@@](O)(OC(=O)C(C)C)[C@](O)(OC(=O)C(C)C)[C@@]1(O)OC(=O)C(C)C. The Morgan fingerprint density at radius 2 is 0.943 bits per heavy atom. The Bertz CT molecular complexity index is 1370. The molecule has 2 fully saturated rings. The van der Waals surface area contributed by atoms with Crippen molar-refractivity contribution in [3.63, 3.8) is 0 Å². The number of rotatable bonds is 15. The van der Waals surface area contributed by atoms with Crippen molar-refractivity contribution in [3.8, 4) is 0 Å². The fraction of sp³-hybridized carbons (Fsp3) is 0.844. The van der Waals surface area contributed by atoms with Crippen LogP contribution in [0.15, 0.2) is 0 Å². The van der Waals surface area contributed by atoms with Crippen molar-refractivity contribution >= 4 is 29.8 Å². The zero-order chi connectivity index (χ0) is 41.3. The number of ether oxygens (including phenoxy) is 8. The largest absolute Gasteiger partial charge is 0.422 e. The standard InChI is InChI=1S/C32H52O21/c1-14(2)22(38)47-28(13-35)29(43,48-23(39)15(3)4)30(44,49-24(40)16(5)6)31(45,50-25(41)17(7)8)32(53-28,51-26(42)18(9)10)52-27(12-34)21(37)20(36)19(11-33)46-27/h14-21,33-37,43-45H,11-13H2,1-10H3/t19-,20-,21+,27?,28-,29+,30-,31+,32+/m1/s1. The summed E-state index contributed by atoms with van der Waals surface area (Å²) in [5, 5.41) is 91.2. The van der Waals surface area contributed by atoms with E-state index in [0.717, 1.165) is 27.7 Å². The van der Waals surface area contributed by atoms with E-state index in [2.05, 4.69) is 0 Å². The van der Waals surface area contributed by atoms with Crippen molar-refractivity contribution in [3.05, 3.63) is 0 Å². The average Bonchev–Trinajstić information content (AvgIpc) is 3.30. The van der Waals surface area contributed by atoms with Gasteiger partial charge in [-0.05, 0) is 0 Å². The lowest BCUT2D eigenvalue weighted by atomic mass is 9.82. The highest BCUT2D eigenvalue weighted by Gasteiger charge is 2.94. The summed E-state index contributed by atoms with van der Waals surface area (Å²) in [6.07, 6.45) is -6.55. The molecule has 2 aliphatic heterocycles. The maximum atomic E-state index is 13.6. The van der Waals surface area contributed by atoms with Gasteiger partial charge < -0.3 is 69.3 Å². The third kappa shape index (κ3) is 7.87. The van der Waals surface area contributed by atoms with Gasteiger partial charge in [0.05, 0.1) is 36.2 Å². The molecule has 0 amide bonds. The molecule has 0 aromatic heterocycles. The molecule has 9 atom stereocenters. The van der Waals surface area contributed by atoms with Gasteiger partial charge in [-0.25, -0.2) is 0 Å². The van der Waals surface area contributed by atoms with Gasteiger partial charge in [0, 0.05) is 0 Å². The molecular weight excluding hydrogens is 720 g/mol. The Labute approximate surface area is 304 Å². The number of esters is 5. The molecule has 2 aliphatic rings. The van der Waals surface area contributed by atoms with E-state index in [-0.39, 0.29) is 0 Å². The molecule has 0 spiro atoms. The van der Waals surface area contributed by atoms with Crippen LogP contribution < -0.4 is 0 Å². The summed E-state index contributed by atoms with van der Waals surface area (Å²) < 4.78 is 43.1. The number of carbonyl (C=O) groups is 5. The lowest BCUT2D eigenvalue weighted by molar-refractivity contribution is -0.649. The van der Waals surface area contributed by atoms with E-state index in [1.807, 2.05) is 0 Å². The fourth-order valence-corrected chi connectivity index (χ4v) is 4.73. The third-order valence-electron chi connectivity index (χ3n) is 8.17. The smallest absolute Gasteiger partial charge is 0.412 e. The maximum absolute atomic E-state index is 13.6. The van der Waals surface area contributed by atoms with Gasteiger partial charge in [0.25, 0.3) is 0 Å². The second-order valence-electron chi connectivity index (χ2n) is 14.2. The Hall–Kier alpha value is -3.09. The Morgan fingerprint density at radius 1 is 0.566 bits per heavy atom. The van der Waals surface area contributed by atoms with Crippen molar-refractivity contribution in [2.45, 2.75) is 122 Å². The Balaban J connectivity index is 3.43. The van der Waals surface area contributed by atoms with Crippen LogP contribution in [-0.2, 0) is 61.9 Å². The first-order valence-corrected chi connectivity index (χ1v) is 16.7. The van der Waals surface area contributed by atoms with Gasteiger partial charge >= 0.3 is 59.0 Å². The summed E-state index contributed by atoms with van der Waals surface area (Å²) >= 11 is 0. The average molecular weight is 773 g/mol. The van der Waals surface area contributed by atoms with Gasteiger partial charge in [0.15, 0.2) is 0 Å². The molecule has 0 aromatic rings. The van der Waals surface area contributed by atoms with Crippen LogP contribution in [0.5, 0.6) is 0 Å². The van der Waals surface area contributed by atoms with Crippen LogP contribution >= 0.6 is 0 Å². The van der Waals surface area contributed by atoms with E-state index >= 15 is 0 Å². The molecule has 2 heterocycles. The zero-order valence-electron chi connectivity index (χ0n) is 31.1. The lowest BCUT2D eigenvalue weighted by Gasteiger charge is -2.62. The molecule has 2 saturated heterocycles. The van der Waals surface area contributed by atoms with Crippen molar-refractivity contribution in [2.75, 3.05) is 19.8 Å². The van der Waals surface area contributed by atoms with Gasteiger partial charge in [0.2, 0.25) is 5.79 Å². The first-order chi connectivity index (χ1) is 24.2. The van der Waals surface area contributed by atoms with Crippen LogP contribution in [0.3, 0.4) is 0 Å². The minimum Gasteiger partial charge on any atom is -0.422 e.